The van der Waals surface area contributed by atoms with Crippen molar-refractivity contribution in [3.63, 3.8) is 0 Å². The van der Waals surface area contributed by atoms with Crippen LogP contribution in [-0.4, -0.2) is 17.8 Å². The smallest absolute Gasteiger partial charge is 0.220 e. The second-order valence-corrected chi connectivity index (χ2v) is 5.75. The Morgan fingerprint density at radius 3 is 2.53 bits per heavy atom. The van der Waals surface area contributed by atoms with E-state index in [-0.39, 0.29) is 5.91 Å². The summed E-state index contributed by atoms with van der Waals surface area (Å²) in [5.41, 5.74) is 0. The van der Waals surface area contributed by atoms with E-state index in [2.05, 4.69) is 5.32 Å². The molecule has 3 fully saturated rings. The molecule has 3 heteroatoms. The van der Waals surface area contributed by atoms with Crippen LogP contribution in [0.25, 0.3) is 0 Å². The van der Waals surface area contributed by atoms with E-state index >= 15 is 0 Å². The minimum absolute atomic E-state index is 0.217. The molecule has 84 valence electrons. The van der Waals surface area contributed by atoms with Gasteiger partial charge in [-0.1, -0.05) is 0 Å². The van der Waals surface area contributed by atoms with Gasteiger partial charge in [0.2, 0.25) is 5.91 Å². The van der Waals surface area contributed by atoms with E-state index in [4.69, 9.17) is 11.6 Å². The topological polar surface area (TPSA) is 29.1 Å². The number of fused-ring (bicyclic) bond motifs is 5. The maximum absolute atomic E-state index is 11.5. The summed E-state index contributed by atoms with van der Waals surface area (Å²) >= 11 is 5.57. The molecule has 4 atom stereocenters. The van der Waals surface area contributed by atoms with Gasteiger partial charge in [-0.15, -0.1) is 11.6 Å². The lowest BCUT2D eigenvalue weighted by Gasteiger charge is -2.10. The first-order valence-corrected chi connectivity index (χ1v) is 6.70. The molecule has 0 saturated heterocycles. The fourth-order valence-corrected chi connectivity index (χ4v) is 4.14. The maximum atomic E-state index is 11.5. The van der Waals surface area contributed by atoms with Crippen molar-refractivity contribution in [3.05, 3.63) is 0 Å². The highest BCUT2D eigenvalue weighted by Gasteiger charge is 2.65. The van der Waals surface area contributed by atoms with Crippen molar-refractivity contribution in [2.24, 2.45) is 23.7 Å². The molecule has 0 radical (unpaired) electrons. The summed E-state index contributed by atoms with van der Waals surface area (Å²) in [5.74, 6) is 4.40. The third-order valence-corrected chi connectivity index (χ3v) is 4.87. The third kappa shape index (κ3) is 1.57. The number of amides is 1. The molecule has 0 aromatic heterocycles. The Hall–Kier alpha value is -0.240. The van der Waals surface area contributed by atoms with Crippen LogP contribution in [0.5, 0.6) is 0 Å². The second-order valence-electron chi connectivity index (χ2n) is 5.37. The van der Waals surface area contributed by atoms with Gasteiger partial charge in [0.15, 0.2) is 0 Å². The number of nitrogens with one attached hydrogen (secondary N) is 1. The molecular formula is C12H18ClNO. The van der Waals surface area contributed by atoms with Crippen LogP contribution in [0.15, 0.2) is 0 Å². The monoisotopic (exact) mass is 227 g/mol. The largest absolute Gasteiger partial charge is 0.353 e. The van der Waals surface area contributed by atoms with Crippen LogP contribution < -0.4 is 5.32 Å². The molecule has 15 heavy (non-hydrogen) atoms. The van der Waals surface area contributed by atoms with Crippen molar-refractivity contribution in [2.75, 3.05) is 5.88 Å². The molecule has 3 aliphatic rings. The molecule has 1 amide bonds. The summed E-state index contributed by atoms with van der Waals surface area (Å²) in [4.78, 5) is 11.5. The van der Waals surface area contributed by atoms with Crippen molar-refractivity contribution in [2.45, 2.75) is 38.1 Å². The Morgan fingerprint density at radius 2 is 1.93 bits per heavy atom. The zero-order chi connectivity index (χ0) is 10.4. The van der Waals surface area contributed by atoms with Gasteiger partial charge in [0.25, 0.3) is 0 Å². The van der Waals surface area contributed by atoms with Gasteiger partial charge in [-0.3, -0.25) is 4.79 Å². The SMILES string of the molecule is O=C(CCCCl)NC1C2C3CCC(C3)C12. The lowest BCUT2D eigenvalue weighted by molar-refractivity contribution is -0.121. The Kier molecular flexibility index (Phi) is 2.42. The molecule has 1 N–H and O–H groups in total. The van der Waals surface area contributed by atoms with E-state index < -0.39 is 0 Å². The summed E-state index contributed by atoms with van der Waals surface area (Å²) in [6.07, 6.45) is 5.69. The summed E-state index contributed by atoms with van der Waals surface area (Å²) in [6.45, 7) is 0. The Morgan fingerprint density at radius 1 is 1.27 bits per heavy atom. The Bertz CT molecular complexity index is 265. The van der Waals surface area contributed by atoms with Crippen molar-refractivity contribution < 1.29 is 4.79 Å². The normalized spacial score (nSPS) is 45.3. The van der Waals surface area contributed by atoms with E-state index in [9.17, 15) is 4.79 Å². The highest BCUT2D eigenvalue weighted by atomic mass is 35.5. The fourth-order valence-electron chi connectivity index (χ4n) is 4.00. The van der Waals surface area contributed by atoms with Crippen LogP contribution in [0, 0.1) is 23.7 Å². The zero-order valence-corrected chi connectivity index (χ0v) is 9.67. The van der Waals surface area contributed by atoms with Gasteiger partial charge in [0, 0.05) is 18.3 Å². The number of alkyl halides is 1. The minimum atomic E-state index is 0.217. The molecule has 0 aromatic carbocycles. The van der Waals surface area contributed by atoms with Crippen LogP contribution in [-0.2, 0) is 4.79 Å². The van der Waals surface area contributed by atoms with E-state index in [0.717, 1.165) is 30.1 Å². The van der Waals surface area contributed by atoms with Gasteiger partial charge in [0.1, 0.15) is 0 Å². The summed E-state index contributed by atoms with van der Waals surface area (Å²) in [6, 6.07) is 0.541. The van der Waals surface area contributed by atoms with Crippen molar-refractivity contribution >= 4 is 17.5 Å². The predicted octanol–water partition coefficient (Wildman–Crippen LogP) is 2.17. The minimum Gasteiger partial charge on any atom is -0.353 e. The Balaban J connectivity index is 1.49. The number of carbonyl (C=O) groups excluding carboxylic acids is 1. The van der Waals surface area contributed by atoms with Crippen LogP contribution in [0.2, 0.25) is 0 Å². The fraction of sp³-hybridized carbons (Fsp3) is 0.917. The molecule has 0 spiro atoms. The molecule has 3 saturated carbocycles. The van der Waals surface area contributed by atoms with Gasteiger partial charge in [-0.2, -0.15) is 0 Å². The summed E-state index contributed by atoms with van der Waals surface area (Å²) in [5, 5.41) is 3.19. The number of hydrogen-bond acceptors (Lipinski definition) is 1. The highest BCUT2D eigenvalue weighted by Crippen LogP contribution is 2.65. The lowest BCUT2D eigenvalue weighted by atomic mass is 10.0. The van der Waals surface area contributed by atoms with Crippen LogP contribution in [0.4, 0.5) is 0 Å². The van der Waals surface area contributed by atoms with Crippen LogP contribution in [0.3, 0.4) is 0 Å². The first-order valence-electron chi connectivity index (χ1n) is 6.16. The molecule has 0 aromatic rings. The average molecular weight is 228 g/mol. The lowest BCUT2D eigenvalue weighted by Crippen LogP contribution is -2.29. The third-order valence-electron chi connectivity index (χ3n) is 4.60. The molecule has 3 aliphatic carbocycles. The van der Waals surface area contributed by atoms with Crippen molar-refractivity contribution in [1.29, 1.82) is 0 Å². The van der Waals surface area contributed by atoms with Gasteiger partial charge < -0.3 is 5.32 Å². The van der Waals surface area contributed by atoms with Gasteiger partial charge >= 0.3 is 0 Å². The predicted molar refractivity (Wildman–Crippen MR) is 59.7 cm³/mol. The quantitative estimate of drug-likeness (QED) is 0.733. The number of hydrogen-bond donors (Lipinski definition) is 1. The molecule has 4 unspecified atom stereocenters. The molecule has 3 rings (SSSR count). The van der Waals surface area contributed by atoms with E-state index in [1.54, 1.807) is 0 Å². The zero-order valence-electron chi connectivity index (χ0n) is 8.92. The number of halogens is 1. The standard InChI is InChI=1S/C12H18ClNO/c13-5-1-2-9(15)14-12-10-7-3-4-8(6-7)11(10)12/h7-8,10-12H,1-6H2,(H,14,15). The molecular weight excluding hydrogens is 210 g/mol. The average Bonchev–Trinajstić information content (AvgIpc) is 2.65. The van der Waals surface area contributed by atoms with Gasteiger partial charge in [0.05, 0.1) is 0 Å². The maximum Gasteiger partial charge on any atom is 0.220 e. The number of rotatable bonds is 4. The second kappa shape index (κ2) is 3.65. The van der Waals surface area contributed by atoms with Crippen LogP contribution >= 0.6 is 11.6 Å². The first-order chi connectivity index (χ1) is 7.31. The van der Waals surface area contributed by atoms with Gasteiger partial charge in [-0.05, 0) is 49.4 Å². The summed E-state index contributed by atoms with van der Waals surface area (Å²) in [7, 11) is 0. The van der Waals surface area contributed by atoms with E-state index in [1.807, 2.05) is 0 Å². The number of carbonyl (C=O) groups is 1. The van der Waals surface area contributed by atoms with Crippen molar-refractivity contribution in [1.82, 2.24) is 5.32 Å². The molecule has 2 bridgehead atoms. The highest BCUT2D eigenvalue weighted by molar-refractivity contribution is 6.17. The first kappa shape index (κ1) is 9.95. The molecule has 0 aliphatic heterocycles. The molecule has 0 heterocycles. The Labute approximate surface area is 95.8 Å². The van der Waals surface area contributed by atoms with Crippen molar-refractivity contribution in [3.8, 4) is 0 Å². The molecule has 2 nitrogen and oxygen atoms in total. The summed E-state index contributed by atoms with van der Waals surface area (Å²) < 4.78 is 0. The van der Waals surface area contributed by atoms with Crippen LogP contribution in [0.1, 0.15) is 32.1 Å². The van der Waals surface area contributed by atoms with E-state index in [1.165, 1.54) is 19.3 Å². The van der Waals surface area contributed by atoms with E-state index in [0.29, 0.717) is 18.3 Å². The van der Waals surface area contributed by atoms with Gasteiger partial charge in [-0.25, -0.2) is 0 Å².